The van der Waals surface area contributed by atoms with E-state index in [1.54, 1.807) is 0 Å². The van der Waals surface area contributed by atoms with Gasteiger partial charge in [-0.05, 0) is 48.4 Å². The van der Waals surface area contributed by atoms with E-state index in [-0.39, 0.29) is 29.1 Å². The number of halogens is 5. The molecule has 1 aromatic rings. The molecule has 11 heteroatoms. The molecule has 0 spiro atoms. The molecular formula is C16H18F5NO4S. The molecule has 0 saturated heterocycles. The fourth-order valence-electron chi connectivity index (χ4n) is 3.38. The van der Waals surface area contributed by atoms with Crippen LogP contribution in [0.2, 0.25) is 0 Å². The largest absolute Gasteiger partial charge is 0.511 e. The third-order valence-electron chi connectivity index (χ3n) is 4.73. The van der Waals surface area contributed by atoms with Gasteiger partial charge in [-0.3, -0.25) is 4.79 Å². The zero-order valence-electron chi connectivity index (χ0n) is 14.3. The van der Waals surface area contributed by atoms with E-state index >= 15 is 0 Å². The number of carboxylic acids is 1. The molecule has 5 nitrogen and oxygen atoms in total. The predicted molar refractivity (Wildman–Crippen MR) is 85.3 cm³/mol. The van der Waals surface area contributed by atoms with Gasteiger partial charge < -0.3 is 5.11 Å². The predicted octanol–water partition coefficient (Wildman–Crippen LogP) is 3.40. The lowest BCUT2D eigenvalue weighted by atomic mass is 9.62. The summed E-state index contributed by atoms with van der Waals surface area (Å²) >= 11 is 0. The maximum atomic E-state index is 14.0. The van der Waals surface area contributed by atoms with Crippen LogP contribution in [0.5, 0.6) is 0 Å². The summed E-state index contributed by atoms with van der Waals surface area (Å²) in [6.07, 6.45) is -1.08. The van der Waals surface area contributed by atoms with Crippen LogP contribution in [-0.4, -0.2) is 41.9 Å². The first-order valence-corrected chi connectivity index (χ1v) is 9.47. The van der Waals surface area contributed by atoms with Crippen molar-refractivity contribution in [2.75, 3.05) is 6.54 Å². The van der Waals surface area contributed by atoms with Crippen LogP contribution in [0, 0.1) is 11.6 Å². The highest BCUT2D eigenvalue weighted by Crippen LogP contribution is 2.48. The molecule has 0 aliphatic heterocycles. The summed E-state index contributed by atoms with van der Waals surface area (Å²) in [5, 5.41) is 8.62. The fourth-order valence-corrected chi connectivity index (χ4v) is 4.56. The zero-order valence-corrected chi connectivity index (χ0v) is 15.1. The molecule has 1 aliphatic carbocycles. The van der Waals surface area contributed by atoms with Crippen molar-refractivity contribution in [3.8, 4) is 0 Å². The molecule has 0 unspecified atom stereocenters. The highest BCUT2D eigenvalue weighted by molar-refractivity contribution is 7.90. The highest BCUT2D eigenvalue weighted by atomic mass is 32.2. The quantitative estimate of drug-likeness (QED) is 0.693. The Bertz CT molecular complexity index is 819. The van der Waals surface area contributed by atoms with Crippen molar-refractivity contribution in [2.24, 2.45) is 0 Å². The van der Waals surface area contributed by atoms with E-state index in [0.717, 1.165) is 18.2 Å². The van der Waals surface area contributed by atoms with Gasteiger partial charge in [0.15, 0.2) is 0 Å². The summed E-state index contributed by atoms with van der Waals surface area (Å²) < 4.78 is 90.2. The minimum atomic E-state index is -5.67. The SMILES string of the molecule is CC1(c2cc(F)ccc2F)CC(N(CCCC(=O)O)S(=O)(=O)C(F)(F)F)C1. The summed E-state index contributed by atoms with van der Waals surface area (Å²) in [6.45, 7) is 0.886. The van der Waals surface area contributed by atoms with Crippen LogP contribution in [0.25, 0.3) is 0 Å². The van der Waals surface area contributed by atoms with Gasteiger partial charge in [0.05, 0.1) is 0 Å². The maximum absolute atomic E-state index is 14.0. The Morgan fingerprint density at radius 1 is 1.30 bits per heavy atom. The van der Waals surface area contributed by atoms with Gasteiger partial charge >= 0.3 is 21.5 Å². The lowest BCUT2D eigenvalue weighted by Crippen LogP contribution is -2.56. The van der Waals surface area contributed by atoms with Gasteiger partial charge in [0.1, 0.15) is 11.6 Å². The van der Waals surface area contributed by atoms with Gasteiger partial charge in [0.2, 0.25) is 0 Å². The van der Waals surface area contributed by atoms with Crippen LogP contribution < -0.4 is 0 Å². The molecule has 0 bridgehead atoms. The Morgan fingerprint density at radius 3 is 2.41 bits per heavy atom. The number of nitrogens with zero attached hydrogens (tertiary/aromatic N) is 1. The second-order valence-corrected chi connectivity index (χ2v) is 8.69. The standard InChI is InChI=1S/C16H18F5NO4S/c1-15(12-7-10(17)4-5-13(12)18)8-11(9-15)22(6-2-3-14(23)24)27(25,26)16(19,20)21/h4-5,7,11H,2-3,6,8-9H2,1H3,(H,23,24). The Kier molecular flexibility index (Phi) is 5.86. The van der Waals surface area contributed by atoms with Crippen molar-refractivity contribution in [1.29, 1.82) is 0 Å². The van der Waals surface area contributed by atoms with Crippen LogP contribution in [0.3, 0.4) is 0 Å². The van der Waals surface area contributed by atoms with E-state index in [9.17, 15) is 35.2 Å². The first-order chi connectivity index (χ1) is 12.3. The molecule has 0 amide bonds. The number of sulfonamides is 1. The van der Waals surface area contributed by atoms with E-state index < -0.39 is 57.6 Å². The number of benzene rings is 1. The number of carboxylic acid groups (broad SMARTS) is 1. The van der Waals surface area contributed by atoms with Gasteiger partial charge in [-0.15, -0.1) is 0 Å². The topological polar surface area (TPSA) is 74.7 Å². The highest BCUT2D eigenvalue weighted by Gasteiger charge is 2.56. The molecule has 1 aliphatic rings. The number of rotatable bonds is 7. The van der Waals surface area contributed by atoms with Crippen molar-refractivity contribution >= 4 is 16.0 Å². The summed E-state index contributed by atoms with van der Waals surface area (Å²) in [7, 11) is -5.67. The molecule has 0 radical (unpaired) electrons. The number of carbonyl (C=O) groups is 1. The van der Waals surface area contributed by atoms with Gasteiger partial charge in [-0.2, -0.15) is 17.5 Å². The molecule has 0 atom stereocenters. The van der Waals surface area contributed by atoms with Gasteiger partial charge in [-0.1, -0.05) is 6.92 Å². The second-order valence-electron chi connectivity index (χ2n) is 6.81. The normalized spacial score (nSPS) is 23.3. The molecule has 27 heavy (non-hydrogen) atoms. The van der Waals surface area contributed by atoms with Crippen LogP contribution in [0.1, 0.15) is 38.2 Å². The molecule has 2 rings (SSSR count). The Morgan fingerprint density at radius 2 is 1.89 bits per heavy atom. The van der Waals surface area contributed by atoms with E-state index in [1.165, 1.54) is 6.92 Å². The van der Waals surface area contributed by atoms with Crippen molar-refractivity contribution in [1.82, 2.24) is 4.31 Å². The third kappa shape index (κ3) is 4.40. The number of aliphatic carboxylic acids is 1. The van der Waals surface area contributed by atoms with Crippen LogP contribution in [-0.2, 0) is 20.2 Å². The van der Waals surface area contributed by atoms with Crippen LogP contribution in [0.4, 0.5) is 22.0 Å². The Hall–Kier alpha value is -1.75. The molecule has 1 saturated carbocycles. The molecule has 1 aromatic carbocycles. The minimum absolute atomic E-state index is 0.0337. The van der Waals surface area contributed by atoms with E-state index in [1.807, 2.05) is 0 Å². The van der Waals surface area contributed by atoms with Gasteiger partial charge in [0, 0.05) is 19.0 Å². The maximum Gasteiger partial charge on any atom is 0.511 e. The summed E-state index contributed by atoms with van der Waals surface area (Å²) in [4.78, 5) is 10.6. The monoisotopic (exact) mass is 415 g/mol. The zero-order chi connectivity index (χ0) is 20.6. The lowest BCUT2D eigenvalue weighted by Gasteiger charge is -2.49. The van der Waals surface area contributed by atoms with E-state index in [0.29, 0.717) is 0 Å². The van der Waals surface area contributed by atoms with Crippen LogP contribution >= 0.6 is 0 Å². The summed E-state index contributed by atoms with van der Waals surface area (Å²) in [5.74, 6) is -2.70. The molecular weight excluding hydrogens is 397 g/mol. The first-order valence-electron chi connectivity index (χ1n) is 8.03. The number of hydrogen-bond donors (Lipinski definition) is 1. The van der Waals surface area contributed by atoms with Crippen molar-refractivity contribution in [3.63, 3.8) is 0 Å². The molecule has 1 N–H and O–H groups in total. The molecule has 0 aromatic heterocycles. The van der Waals surface area contributed by atoms with Gasteiger partial charge in [-0.25, -0.2) is 17.2 Å². The van der Waals surface area contributed by atoms with Crippen molar-refractivity contribution < 1.29 is 40.3 Å². The lowest BCUT2D eigenvalue weighted by molar-refractivity contribution is -0.137. The third-order valence-corrected chi connectivity index (χ3v) is 6.41. The molecule has 1 fully saturated rings. The van der Waals surface area contributed by atoms with Crippen LogP contribution in [0.15, 0.2) is 18.2 Å². The van der Waals surface area contributed by atoms with Gasteiger partial charge in [0.25, 0.3) is 0 Å². The average Bonchev–Trinajstić information content (AvgIpc) is 2.49. The van der Waals surface area contributed by atoms with E-state index in [4.69, 9.17) is 5.11 Å². The summed E-state index contributed by atoms with van der Waals surface area (Å²) in [5.41, 5.74) is -6.59. The van der Waals surface area contributed by atoms with Crippen molar-refractivity contribution in [2.45, 2.75) is 49.6 Å². The Balaban J connectivity index is 2.23. The van der Waals surface area contributed by atoms with Crippen molar-refractivity contribution in [3.05, 3.63) is 35.4 Å². The van der Waals surface area contributed by atoms with E-state index in [2.05, 4.69) is 0 Å². The number of hydrogen-bond acceptors (Lipinski definition) is 3. The Labute approximate surface area is 152 Å². The minimum Gasteiger partial charge on any atom is -0.481 e. The summed E-state index contributed by atoms with van der Waals surface area (Å²) in [6, 6.07) is 1.67. The molecule has 152 valence electrons. The molecule has 0 heterocycles. The number of alkyl halides is 3. The average molecular weight is 415 g/mol. The first kappa shape index (κ1) is 21.5. The second kappa shape index (κ2) is 7.34. The smallest absolute Gasteiger partial charge is 0.481 e. The fraction of sp³-hybridized carbons (Fsp3) is 0.562.